The minimum Gasteiger partial charge on any atom is -0.304 e. The van der Waals surface area contributed by atoms with Crippen molar-refractivity contribution in [2.75, 3.05) is 19.6 Å². The van der Waals surface area contributed by atoms with Gasteiger partial charge in [-0.05, 0) is 32.5 Å². The van der Waals surface area contributed by atoms with Gasteiger partial charge < -0.3 is 4.90 Å². The first-order chi connectivity index (χ1) is 11.3. The van der Waals surface area contributed by atoms with Crippen LogP contribution in [0.1, 0.15) is 124 Å². The maximum Gasteiger partial charge on any atom is -0.00189 e. The first kappa shape index (κ1) is 26.5. The molecule has 0 spiro atoms. The van der Waals surface area contributed by atoms with Gasteiger partial charge in [0.05, 0.1) is 0 Å². The first-order valence-electron chi connectivity index (χ1n) is 11.1. The zero-order valence-corrected chi connectivity index (χ0v) is 18.1. The van der Waals surface area contributed by atoms with E-state index in [0.717, 1.165) is 0 Å². The van der Waals surface area contributed by atoms with Crippen molar-refractivity contribution in [2.24, 2.45) is 0 Å². The van der Waals surface area contributed by atoms with Crippen LogP contribution in [-0.4, -0.2) is 24.5 Å². The fraction of sp³-hybridized carbons (Fsp3) is 1.00. The molecular weight excluding hydrogens is 314 g/mol. The van der Waals surface area contributed by atoms with E-state index in [1.165, 1.54) is 122 Å². The zero-order chi connectivity index (χ0) is 17.0. The molecule has 0 N–H and O–H groups in total. The predicted molar refractivity (Wildman–Crippen MR) is 115 cm³/mol. The van der Waals surface area contributed by atoms with Crippen molar-refractivity contribution in [2.45, 2.75) is 124 Å². The Hall–Kier alpha value is 0.250. The van der Waals surface area contributed by atoms with E-state index in [2.05, 4.69) is 25.7 Å². The van der Waals surface area contributed by atoms with Crippen molar-refractivity contribution in [1.82, 2.24) is 4.90 Å². The predicted octanol–water partition coefficient (Wildman–Crippen LogP) is 8.01. The van der Waals surface area contributed by atoms with Crippen LogP contribution in [0.5, 0.6) is 0 Å². The summed E-state index contributed by atoms with van der Waals surface area (Å²) in [5, 5.41) is 0. The van der Waals surface area contributed by atoms with Gasteiger partial charge in [-0.25, -0.2) is 0 Å². The fourth-order valence-corrected chi connectivity index (χ4v) is 3.37. The molecule has 0 unspecified atom stereocenters. The Balaban J connectivity index is 0. The van der Waals surface area contributed by atoms with Crippen LogP contribution in [-0.2, 0) is 0 Å². The number of halogens is 1. The third kappa shape index (κ3) is 20.3. The minimum atomic E-state index is 0. The average Bonchev–Trinajstić information content (AvgIpc) is 2.57. The molecule has 0 radical (unpaired) electrons. The molecule has 24 heavy (non-hydrogen) atoms. The Morgan fingerprint density at radius 2 is 0.708 bits per heavy atom. The van der Waals surface area contributed by atoms with Gasteiger partial charge in [0.1, 0.15) is 0 Å². The van der Waals surface area contributed by atoms with E-state index in [1.807, 2.05) is 0 Å². The van der Waals surface area contributed by atoms with E-state index >= 15 is 0 Å². The standard InChI is InChI=1S/C22H47N.ClH/c1-4-7-9-11-13-15-17-19-21-23(6-3)22-20-18-16-14-12-10-8-5-2;/h4-22H2,1-3H3;1H. The Morgan fingerprint density at radius 3 is 1.00 bits per heavy atom. The highest BCUT2D eigenvalue weighted by atomic mass is 35.5. The topological polar surface area (TPSA) is 3.24 Å². The molecule has 0 saturated heterocycles. The number of nitrogens with zero attached hydrogens (tertiary/aromatic N) is 1. The van der Waals surface area contributed by atoms with Gasteiger partial charge in [0.2, 0.25) is 0 Å². The van der Waals surface area contributed by atoms with Crippen LogP contribution in [0.25, 0.3) is 0 Å². The first-order valence-corrected chi connectivity index (χ1v) is 11.1. The summed E-state index contributed by atoms with van der Waals surface area (Å²) >= 11 is 0. The summed E-state index contributed by atoms with van der Waals surface area (Å²) < 4.78 is 0. The number of hydrogen-bond donors (Lipinski definition) is 0. The Bertz CT molecular complexity index is 188. The number of rotatable bonds is 19. The lowest BCUT2D eigenvalue weighted by atomic mass is 10.1. The zero-order valence-electron chi connectivity index (χ0n) is 17.3. The highest BCUT2D eigenvalue weighted by Gasteiger charge is 2.02. The summed E-state index contributed by atoms with van der Waals surface area (Å²) in [7, 11) is 0. The molecule has 0 aromatic heterocycles. The Kier molecular flexibility index (Phi) is 25.7. The SMILES string of the molecule is CCCCCCCCCCN(CC)CCCCCCCCCC.Cl. The second kappa shape index (κ2) is 23.2. The molecule has 0 fully saturated rings. The molecule has 0 aliphatic carbocycles. The van der Waals surface area contributed by atoms with E-state index in [1.54, 1.807) is 0 Å². The van der Waals surface area contributed by atoms with Crippen LogP contribution in [0.4, 0.5) is 0 Å². The highest BCUT2D eigenvalue weighted by molar-refractivity contribution is 5.85. The maximum atomic E-state index is 2.67. The third-order valence-corrected chi connectivity index (χ3v) is 5.10. The van der Waals surface area contributed by atoms with Crippen molar-refractivity contribution in [1.29, 1.82) is 0 Å². The molecule has 0 aromatic rings. The third-order valence-electron chi connectivity index (χ3n) is 5.10. The smallest absolute Gasteiger partial charge is 0.00189 e. The molecule has 0 aliphatic heterocycles. The lowest BCUT2D eigenvalue weighted by Crippen LogP contribution is -2.25. The monoisotopic (exact) mass is 361 g/mol. The molecule has 0 saturated carbocycles. The molecule has 148 valence electrons. The quantitative estimate of drug-likeness (QED) is 0.210. The molecule has 0 aromatic carbocycles. The van der Waals surface area contributed by atoms with Crippen molar-refractivity contribution >= 4 is 12.4 Å². The second-order valence-electron chi connectivity index (χ2n) is 7.38. The van der Waals surface area contributed by atoms with Gasteiger partial charge in [0.25, 0.3) is 0 Å². The van der Waals surface area contributed by atoms with Crippen molar-refractivity contribution in [3.8, 4) is 0 Å². The van der Waals surface area contributed by atoms with Crippen molar-refractivity contribution in [3.05, 3.63) is 0 Å². The van der Waals surface area contributed by atoms with Crippen LogP contribution in [0.2, 0.25) is 0 Å². The summed E-state index contributed by atoms with van der Waals surface area (Å²) in [5.74, 6) is 0. The van der Waals surface area contributed by atoms with Gasteiger partial charge in [-0.1, -0.05) is 111 Å². The van der Waals surface area contributed by atoms with Crippen molar-refractivity contribution in [3.63, 3.8) is 0 Å². The molecular formula is C22H48ClN. The van der Waals surface area contributed by atoms with Gasteiger partial charge in [0.15, 0.2) is 0 Å². The maximum absolute atomic E-state index is 2.67. The second-order valence-corrected chi connectivity index (χ2v) is 7.38. The lowest BCUT2D eigenvalue weighted by molar-refractivity contribution is 0.273. The van der Waals surface area contributed by atoms with E-state index in [9.17, 15) is 0 Å². The summed E-state index contributed by atoms with van der Waals surface area (Å²) in [6, 6.07) is 0. The lowest BCUT2D eigenvalue weighted by Gasteiger charge is -2.20. The van der Waals surface area contributed by atoms with Crippen LogP contribution in [0.15, 0.2) is 0 Å². The average molecular weight is 362 g/mol. The summed E-state index contributed by atoms with van der Waals surface area (Å²) in [6.45, 7) is 10.8. The van der Waals surface area contributed by atoms with Crippen LogP contribution in [0, 0.1) is 0 Å². The van der Waals surface area contributed by atoms with Crippen molar-refractivity contribution < 1.29 is 0 Å². The van der Waals surface area contributed by atoms with Gasteiger partial charge in [-0.2, -0.15) is 0 Å². The molecule has 0 rings (SSSR count). The largest absolute Gasteiger partial charge is 0.304 e. The van der Waals surface area contributed by atoms with Gasteiger partial charge in [-0.15, -0.1) is 12.4 Å². The van der Waals surface area contributed by atoms with Gasteiger partial charge in [0, 0.05) is 0 Å². The summed E-state index contributed by atoms with van der Waals surface area (Å²) in [5.41, 5.74) is 0. The molecule has 0 heterocycles. The van der Waals surface area contributed by atoms with Gasteiger partial charge >= 0.3 is 0 Å². The minimum absolute atomic E-state index is 0. The summed E-state index contributed by atoms with van der Waals surface area (Å²) in [6.07, 6.45) is 23.0. The Labute approximate surface area is 160 Å². The molecule has 0 atom stereocenters. The molecule has 2 heteroatoms. The normalized spacial score (nSPS) is 11.0. The van der Waals surface area contributed by atoms with Crippen LogP contribution >= 0.6 is 12.4 Å². The number of hydrogen-bond acceptors (Lipinski definition) is 1. The summed E-state index contributed by atoms with van der Waals surface area (Å²) in [4.78, 5) is 2.67. The van der Waals surface area contributed by atoms with E-state index in [4.69, 9.17) is 0 Å². The van der Waals surface area contributed by atoms with E-state index in [0.29, 0.717) is 0 Å². The molecule has 0 amide bonds. The molecule has 1 nitrogen and oxygen atoms in total. The number of unbranched alkanes of at least 4 members (excludes halogenated alkanes) is 14. The van der Waals surface area contributed by atoms with E-state index < -0.39 is 0 Å². The highest BCUT2D eigenvalue weighted by Crippen LogP contribution is 2.11. The fourth-order valence-electron chi connectivity index (χ4n) is 3.37. The van der Waals surface area contributed by atoms with E-state index in [-0.39, 0.29) is 12.4 Å². The molecule has 0 aliphatic rings. The van der Waals surface area contributed by atoms with Crippen LogP contribution < -0.4 is 0 Å². The van der Waals surface area contributed by atoms with Gasteiger partial charge in [-0.3, -0.25) is 0 Å². The molecule has 0 bridgehead atoms. The van der Waals surface area contributed by atoms with Crippen LogP contribution in [0.3, 0.4) is 0 Å². The Morgan fingerprint density at radius 1 is 0.417 bits per heavy atom.